The van der Waals surface area contributed by atoms with E-state index < -0.39 is 0 Å². The smallest absolute Gasteiger partial charge is 0.251 e. The number of benzene rings is 1. The van der Waals surface area contributed by atoms with Gasteiger partial charge in [-0.1, -0.05) is 19.1 Å². The zero-order chi connectivity index (χ0) is 15.1. The van der Waals surface area contributed by atoms with Gasteiger partial charge in [0.25, 0.3) is 5.91 Å². The van der Waals surface area contributed by atoms with E-state index in [1.807, 2.05) is 19.1 Å². The molecule has 0 unspecified atom stereocenters. The number of hydrogen-bond donors (Lipinski definition) is 3. The molecule has 21 heavy (non-hydrogen) atoms. The number of aryl methyl sites for hydroxylation is 1. The van der Waals surface area contributed by atoms with E-state index in [0.717, 1.165) is 30.9 Å². The lowest BCUT2D eigenvalue weighted by Crippen LogP contribution is -2.32. The summed E-state index contributed by atoms with van der Waals surface area (Å²) >= 11 is 0. The lowest BCUT2D eigenvalue weighted by Gasteiger charge is -2.06. The molecule has 0 fully saturated rings. The van der Waals surface area contributed by atoms with Crippen LogP contribution < -0.4 is 10.6 Å². The molecule has 0 spiro atoms. The number of nitrogens with zero attached hydrogens (tertiary/aromatic N) is 2. The zero-order valence-corrected chi connectivity index (χ0v) is 12.4. The van der Waals surface area contributed by atoms with Gasteiger partial charge in [-0.3, -0.25) is 9.89 Å². The van der Waals surface area contributed by atoms with Crippen LogP contribution in [0.5, 0.6) is 0 Å². The first-order valence-corrected chi connectivity index (χ1v) is 7.19. The molecule has 0 atom stereocenters. The summed E-state index contributed by atoms with van der Waals surface area (Å²) in [5.74, 6) is 1.27. The number of rotatable bonds is 7. The first kappa shape index (κ1) is 15.2. The number of hydrogen-bond acceptors (Lipinski definition) is 4. The minimum atomic E-state index is -0.0811. The molecule has 0 radical (unpaired) electrons. The van der Waals surface area contributed by atoms with Crippen LogP contribution in [0.1, 0.15) is 29.5 Å². The number of nitrogens with one attached hydrogen (secondary N) is 3. The van der Waals surface area contributed by atoms with Gasteiger partial charge in [-0.2, -0.15) is 5.10 Å². The van der Waals surface area contributed by atoms with E-state index in [2.05, 4.69) is 32.7 Å². The molecule has 1 aromatic heterocycles. The van der Waals surface area contributed by atoms with Crippen LogP contribution in [0.25, 0.3) is 11.4 Å². The molecule has 0 aliphatic carbocycles. The molecule has 112 valence electrons. The molecular formula is C15H21N5O. The average Bonchev–Trinajstić information content (AvgIpc) is 2.93. The van der Waals surface area contributed by atoms with Gasteiger partial charge in [0.15, 0.2) is 5.82 Å². The van der Waals surface area contributed by atoms with Crippen molar-refractivity contribution in [2.45, 2.75) is 20.3 Å². The molecule has 0 bridgehead atoms. The Bertz CT molecular complexity index is 593. The first-order valence-electron chi connectivity index (χ1n) is 7.19. The number of carbonyl (C=O) groups excluding carboxylic acids is 1. The molecule has 0 aliphatic rings. The van der Waals surface area contributed by atoms with Crippen molar-refractivity contribution in [1.82, 2.24) is 25.8 Å². The number of aromatic nitrogens is 3. The third-order valence-electron chi connectivity index (χ3n) is 2.99. The van der Waals surface area contributed by atoms with Crippen LogP contribution >= 0.6 is 0 Å². The molecule has 1 heterocycles. The average molecular weight is 287 g/mol. The maximum absolute atomic E-state index is 12.1. The second-order valence-electron chi connectivity index (χ2n) is 4.83. The second kappa shape index (κ2) is 7.54. The Kier molecular flexibility index (Phi) is 5.45. The molecule has 0 aliphatic heterocycles. The van der Waals surface area contributed by atoms with Gasteiger partial charge >= 0.3 is 0 Å². The summed E-state index contributed by atoms with van der Waals surface area (Å²) in [7, 11) is 0. The predicted molar refractivity (Wildman–Crippen MR) is 82.0 cm³/mol. The lowest BCUT2D eigenvalue weighted by molar-refractivity contribution is 0.0954. The molecule has 1 aromatic carbocycles. The van der Waals surface area contributed by atoms with E-state index in [0.29, 0.717) is 17.9 Å². The normalized spacial score (nSPS) is 10.6. The summed E-state index contributed by atoms with van der Waals surface area (Å²) in [5.41, 5.74) is 1.45. The van der Waals surface area contributed by atoms with Crippen LogP contribution in [0, 0.1) is 6.92 Å². The highest BCUT2D eigenvalue weighted by Crippen LogP contribution is 2.16. The van der Waals surface area contributed by atoms with E-state index in [9.17, 15) is 4.79 Å². The Balaban J connectivity index is 1.95. The fraction of sp³-hybridized carbons (Fsp3) is 0.400. The van der Waals surface area contributed by atoms with Gasteiger partial charge < -0.3 is 10.6 Å². The third-order valence-corrected chi connectivity index (χ3v) is 2.99. The largest absolute Gasteiger partial charge is 0.351 e. The summed E-state index contributed by atoms with van der Waals surface area (Å²) in [5, 5.41) is 13.0. The van der Waals surface area contributed by atoms with Crippen molar-refractivity contribution >= 4 is 5.91 Å². The zero-order valence-electron chi connectivity index (χ0n) is 12.4. The van der Waals surface area contributed by atoms with E-state index in [-0.39, 0.29) is 5.91 Å². The lowest BCUT2D eigenvalue weighted by atomic mass is 10.1. The minimum Gasteiger partial charge on any atom is -0.351 e. The highest BCUT2D eigenvalue weighted by molar-refractivity contribution is 5.95. The van der Waals surface area contributed by atoms with Gasteiger partial charge in [0.2, 0.25) is 0 Å². The molecule has 0 saturated carbocycles. The van der Waals surface area contributed by atoms with Crippen molar-refractivity contribution in [1.29, 1.82) is 0 Å². The minimum absolute atomic E-state index is 0.0811. The van der Waals surface area contributed by atoms with E-state index in [1.165, 1.54) is 0 Å². The quantitative estimate of drug-likeness (QED) is 0.674. The maximum atomic E-state index is 12.1. The van der Waals surface area contributed by atoms with Gasteiger partial charge in [-0.15, -0.1) is 0 Å². The summed E-state index contributed by atoms with van der Waals surface area (Å²) in [6.07, 6.45) is 1.09. The van der Waals surface area contributed by atoms with E-state index in [4.69, 9.17) is 0 Å². The van der Waals surface area contributed by atoms with Gasteiger partial charge in [0, 0.05) is 24.2 Å². The second-order valence-corrected chi connectivity index (χ2v) is 4.83. The van der Waals surface area contributed by atoms with Crippen LogP contribution in [-0.4, -0.2) is 40.7 Å². The Morgan fingerprint density at radius 2 is 2.14 bits per heavy atom. The highest BCUT2D eigenvalue weighted by Gasteiger charge is 2.08. The monoisotopic (exact) mass is 287 g/mol. The van der Waals surface area contributed by atoms with Crippen LogP contribution in [0.4, 0.5) is 0 Å². The summed E-state index contributed by atoms with van der Waals surface area (Å²) in [4.78, 5) is 16.3. The van der Waals surface area contributed by atoms with Crippen molar-refractivity contribution in [2.24, 2.45) is 0 Å². The van der Waals surface area contributed by atoms with Crippen molar-refractivity contribution in [3.63, 3.8) is 0 Å². The SMILES string of the molecule is CCCNCCNC(=O)c1cccc(-c2n[nH]c(C)n2)c1. The molecular weight excluding hydrogens is 266 g/mol. The summed E-state index contributed by atoms with van der Waals surface area (Å²) in [6, 6.07) is 7.32. The molecule has 0 saturated heterocycles. The Morgan fingerprint density at radius 1 is 1.29 bits per heavy atom. The molecule has 2 rings (SSSR count). The number of H-pyrrole nitrogens is 1. The van der Waals surface area contributed by atoms with Crippen LogP contribution in [0.2, 0.25) is 0 Å². The number of aromatic amines is 1. The van der Waals surface area contributed by atoms with Crippen molar-refractivity contribution in [3.8, 4) is 11.4 Å². The molecule has 2 aromatic rings. The molecule has 3 N–H and O–H groups in total. The number of carbonyl (C=O) groups is 1. The summed E-state index contributed by atoms with van der Waals surface area (Å²) in [6.45, 7) is 6.32. The van der Waals surface area contributed by atoms with E-state index >= 15 is 0 Å². The Hall–Kier alpha value is -2.21. The van der Waals surface area contributed by atoms with Gasteiger partial charge in [0.1, 0.15) is 5.82 Å². The highest BCUT2D eigenvalue weighted by atomic mass is 16.1. The Morgan fingerprint density at radius 3 is 2.86 bits per heavy atom. The fourth-order valence-electron chi connectivity index (χ4n) is 1.94. The van der Waals surface area contributed by atoms with E-state index in [1.54, 1.807) is 12.1 Å². The maximum Gasteiger partial charge on any atom is 0.251 e. The van der Waals surface area contributed by atoms with Crippen LogP contribution in [0.3, 0.4) is 0 Å². The molecule has 6 heteroatoms. The van der Waals surface area contributed by atoms with Crippen molar-refractivity contribution < 1.29 is 4.79 Å². The standard InChI is InChI=1S/C15H21N5O/c1-3-7-16-8-9-17-15(21)13-6-4-5-12(10-13)14-18-11(2)19-20-14/h4-6,10,16H,3,7-9H2,1-2H3,(H,17,21)(H,18,19,20). The number of amides is 1. The third kappa shape index (κ3) is 4.39. The Labute approximate surface area is 124 Å². The van der Waals surface area contributed by atoms with Crippen LogP contribution in [0.15, 0.2) is 24.3 Å². The van der Waals surface area contributed by atoms with Crippen LogP contribution in [-0.2, 0) is 0 Å². The van der Waals surface area contributed by atoms with Gasteiger partial charge in [0.05, 0.1) is 0 Å². The van der Waals surface area contributed by atoms with Gasteiger partial charge in [-0.05, 0) is 32.0 Å². The fourth-order valence-corrected chi connectivity index (χ4v) is 1.94. The van der Waals surface area contributed by atoms with Crippen molar-refractivity contribution in [2.75, 3.05) is 19.6 Å². The first-order chi connectivity index (χ1) is 10.2. The molecule has 1 amide bonds. The van der Waals surface area contributed by atoms with Gasteiger partial charge in [-0.25, -0.2) is 4.98 Å². The topological polar surface area (TPSA) is 82.7 Å². The predicted octanol–water partition coefficient (Wildman–Crippen LogP) is 1.51. The summed E-state index contributed by atoms with van der Waals surface area (Å²) < 4.78 is 0. The van der Waals surface area contributed by atoms with Crippen molar-refractivity contribution in [3.05, 3.63) is 35.7 Å². The molecule has 6 nitrogen and oxygen atoms in total.